The highest BCUT2D eigenvalue weighted by Gasteiger charge is 2.23. The van der Waals surface area contributed by atoms with Crippen molar-refractivity contribution >= 4 is 34.7 Å². The Morgan fingerprint density at radius 2 is 1.95 bits per heavy atom. The van der Waals surface area contributed by atoms with Gasteiger partial charge in [-0.1, -0.05) is 12.1 Å². The number of benzene rings is 1. The third-order valence-corrected chi connectivity index (χ3v) is 6.42. The van der Waals surface area contributed by atoms with Crippen LogP contribution in [-0.2, 0) is 11.3 Å². The molecule has 0 spiro atoms. The summed E-state index contributed by atoms with van der Waals surface area (Å²) in [7, 11) is 0. The Morgan fingerprint density at radius 1 is 1.18 bits per heavy atom. The lowest BCUT2D eigenvalue weighted by molar-refractivity contribution is 0.0520. The Balaban J connectivity index is 1.39. The molecular formula is C27H38ClN7O3. The maximum absolute atomic E-state index is 11.9. The molecule has 0 radical (unpaired) electrons. The van der Waals surface area contributed by atoms with Gasteiger partial charge in [0.15, 0.2) is 5.75 Å². The smallest absolute Gasteiger partial charge is 0.407 e. The van der Waals surface area contributed by atoms with E-state index in [1.165, 1.54) is 0 Å². The van der Waals surface area contributed by atoms with Gasteiger partial charge in [-0.3, -0.25) is 0 Å². The van der Waals surface area contributed by atoms with E-state index in [2.05, 4.69) is 36.1 Å². The molecule has 2 N–H and O–H groups in total. The second-order valence-corrected chi connectivity index (χ2v) is 10.8. The zero-order valence-corrected chi connectivity index (χ0v) is 23.4. The number of hydrogen-bond donors (Lipinski definition) is 2. The summed E-state index contributed by atoms with van der Waals surface area (Å²) in [6.45, 7) is 11.6. The van der Waals surface area contributed by atoms with Crippen LogP contribution in [0.3, 0.4) is 0 Å². The summed E-state index contributed by atoms with van der Waals surface area (Å²) in [4.78, 5) is 28.1. The van der Waals surface area contributed by atoms with Crippen molar-refractivity contribution in [2.75, 3.05) is 44.0 Å². The van der Waals surface area contributed by atoms with Crippen molar-refractivity contribution in [3.05, 3.63) is 42.0 Å². The lowest BCUT2D eigenvalue weighted by Crippen LogP contribution is -2.43. The Morgan fingerprint density at radius 3 is 2.68 bits per heavy atom. The first-order chi connectivity index (χ1) is 18.2. The maximum atomic E-state index is 11.9. The number of carbonyl (C=O) groups excluding carboxylic acids is 1. The number of amides is 1. The van der Waals surface area contributed by atoms with Gasteiger partial charge >= 0.3 is 6.09 Å². The molecule has 0 atom stereocenters. The van der Waals surface area contributed by atoms with Crippen molar-refractivity contribution in [3.8, 4) is 5.75 Å². The molecule has 0 unspecified atom stereocenters. The van der Waals surface area contributed by atoms with E-state index in [-0.39, 0.29) is 6.09 Å². The van der Waals surface area contributed by atoms with Crippen LogP contribution in [0.5, 0.6) is 5.75 Å². The molecule has 11 heteroatoms. The molecule has 10 nitrogen and oxygen atoms in total. The second kappa shape index (κ2) is 12.6. The van der Waals surface area contributed by atoms with E-state index >= 15 is 0 Å². The van der Waals surface area contributed by atoms with Crippen LogP contribution in [0, 0.1) is 6.92 Å². The minimum atomic E-state index is -0.490. The summed E-state index contributed by atoms with van der Waals surface area (Å²) in [6.07, 6.45) is 3.30. The predicted octanol–water partition coefficient (Wildman–Crippen LogP) is 4.20. The number of aromatic nitrogens is 4. The van der Waals surface area contributed by atoms with Crippen molar-refractivity contribution in [3.63, 3.8) is 0 Å². The normalized spacial score (nSPS) is 15.0. The van der Waals surface area contributed by atoms with E-state index < -0.39 is 5.60 Å². The highest BCUT2D eigenvalue weighted by atomic mass is 35.5. The first-order valence-corrected chi connectivity index (χ1v) is 13.7. The Hall–Kier alpha value is -3.11. The van der Waals surface area contributed by atoms with Crippen LogP contribution >= 0.6 is 11.6 Å². The Bertz CT molecular complexity index is 1220. The number of alkyl carbamates (subject to hydrolysis) is 1. The number of anilines is 1. The van der Waals surface area contributed by atoms with Gasteiger partial charge in [0.2, 0.25) is 5.95 Å². The molecule has 1 saturated heterocycles. The van der Waals surface area contributed by atoms with Crippen molar-refractivity contribution in [1.29, 1.82) is 0 Å². The number of alkyl halides is 1. The predicted molar refractivity (Wildman–Crippen MR) is 149 cm³/mol. The molecule has 1 fully saturated rings. The van der Waals surface area contributed by atoms with E-state index in [1.807, 2.05) is 45.9 Å². The van der Waals surface area contributed by atoms with E-state index in [0.29, 0.717) is 43.2 Å². The number of carbonyl (C=O) groups is 1. The molecule has 3 heterocycles. The van der Waals surface area contributed by atoms with E-state index in [4.69, 9.17) is 26.1 Å². The van der Waals surface area contributed by atoms with Crippen molar-refractivity contribution in [2.45, 2.75) is 58.7 Å². The molecule has 0 aliphatic carbocycles. The summed E-state index contributed by atoms with van der Waals surface area (Å²) in [5.74, 6) is 2.53. The molecule has 1 aromatic carbocycles. The largest absolute Gasteiger partial charge is 0.489 e. The molecule has 0 saturated carbocycles. The van der Waals surface area contributed by atoms with Crippen LogP contribution in [0.2, 0.25) is 0 Å². The SMILES string of the molecule is Cc1ncc(OCCCl)c(Cn2c(NC3CCN(CCNC(=O)OC(C)(C)C)CC3)nc3ccccc32)n1. The molecule has 2 aromatic heterocycles. The van der Waals surface area contributed by atoms with Gasteiger partial charge in [0, 0.05) is 32.2 Å². The monoisotopic (exact) mass is 543 g/mol. The van der Waals surface area contributed by atoms with Crippen LogP contribution in [0.15, 0.2) is 30.5 Å². The summed E-state index contributed by atoms with van der Waals surface area (Å²) < 4.78 is 13.3. The first-order valence-electron chi connectivity index (χ1n) is 13.1. The lowest BCUT2D eigenvalue weighted by Gasteiger charge is -2.32. The quantitative estimate of drug-likeness (QED) is 0.366. The third kappa shape index (κ3) is 7.70. The number of aryl methyl sites for hydroxylation is 1. The Labute approximate surface area is 229 Å². The third-order valence-electron chi connectivity index (χ3n) is 6.26. The van der Waals surface area contributed by atoms with Crippen molar-refractivity contribution in [1.82, 2.24) is 29.7 Å². The number of imidazole rings is 1. The number of piperidine rings is 1. The number of fused-ring (bicyclic) bond motifs is 1. The number of rotatable bonds is 10. The van der Waals surface area contributed by atoms with E-state index in [9.17, 15) is 4.79 Å². The number of nitrogens with zero attached hydrogens (tertiary/aromatic N) is 5. The molecule has 1 aliphatic rings. The number of halogens is 1. The minimum absolute atomic E-state index is 0.291. The van der Waals surface area contributed by atoms with Crippen molar-refractivity contribution < 1.29 is 14.3 Å². The van der Waals surface area contributed by atoms with Crippen LogP contribution in [0.4, 0.5) is 10.7 Å². The zero-order valence-electron chi connectivity index (χ0n) is 22.7. The topological polar surface area (TPSA) is 106 Å². The number of ether oxygens (including phenoxy) is 2. The zero-order chi connectivity index (χ0) is 27.1. The molecule has 3 aromatic rings. The fourth-order valence-corrected chi connectivity index (χ4v) is 4.57. The summed E-state index contributed by atoms with van der Waals surface area (Å²) in [5.41, 5.74) is 2.26. The number of likely N-dealkylation sites (tertiary alicyclic amines) is 1. The van der Waals surface area contributed by atoms with Gasteiger partial charge in [-0.15, -0.1) is 11.6 Å². The molecule has 4 rings (SSSR count). The summed E-state index contributed by atoms with van der Waals surface area (Å²) in [6, 6.07) is 8.40. The van der Waals surface area contributed by atoms with Crippen LogP contribution in [-0.4, -0.2) is 80.8 Å². The minimum Gasteiger partial charge on any atom is -0.489 e. The summed E-state index contributed by atoms with van der Waals surface area (Å²) >= 11 is 5.85. The second-order valence-electron chi connectivity index (χ2n) is 10.5. The highest BCUT2D eigenvalue weighted by molar-refractivity contribution is 6.18. The summed E-state index contributed by atoms with van der Waals surface area (Å²) in [5, 5.41) is 6.53. The highest BCUT2D eigenvalue weighted by Crippen LogP contribution is 2.26. The average molecular weight is 544 g/mol. The number of nitrogens with one attached hydrogen (secondary N) is 2. The maximum Gasteiger partial charge on any atom is 0.407 e. The number of para-hydroxylation sites is 2. The fraction of sp³-hybridized carbons (Fsp3) is 0.556. The molecule has 0 bridgehead atoms. The van der Waals surface area contributed by atoms with Crippen molar-refractivity contribution in [2.24, 2.45) is 0 Å². The Kier molecular flexibility index (Phi) is 9.27. The van der Waals surface area contributed by atoms with Crippen LogP contribution < -0.4 is 15.4 Å². The average Bonchev–Trinajstić information content (AvgIpc) is 3.20. The van der Waals surface area contributed by atoms with Gasteiger partial charge in [-0.25, -0.2) is 19.7 Å². The number of hydrogen-bond acceptors (Lipinski definition) is 8. The van der Waals surface area contributed by atoms with Gasteiger partial charge in [0.05, 0.1) is 29.7 Å². The lowest BCUT2D eigenvalue weighted by atomic mass is 10.1. The molecule has 1 amide bonds. The fourth-order valence-electron chi connectivity index (χ4n) is 4.50. The molecular weight excluding hydrogens is 506 g/mol. The van der Waals surface area contributed by atoms with E-state index in [0.717, 1.165) is 55.2 Å². The van der Waals surface area contributed by atoms with Gasteiger partial charge in [0.25, 0.3) is 0 Å². The molecule has 38 heavy (non-hydrogen) atoms. The van der Waals surface area contributed by atoms with Gasteiger partial charge < -0.3 is 29.6 Å². The van der Waals surface area contributed by atoms with Gasteiger partial charge in [-0.05, 0) is 52.7 Å². The molecule has 1 aliphatic heterocycles. The van der Waals surface area contributed by atoms with Crippen LogP contribution in [0.25, 0.3) is 11.0 Å². The van der Waals surface area contributed by atoms with Gasteiger partial charge in [-0.2, -0.15) is 0 Å². The van der Waals surface area contributed by atoms with Crippen LogP contribution in [0.1, 0.15) is 45.1 Å². The first kappa shape index (κ1) is 27.9. The molecule has 206 valence electrons. The van der Waals surface area contributed by atoms with E-state index in [1.54, 1.807) is 6.20 Å². The van der Waals surface area contributed by atoms with Gasteiger partial charge in [0.1, 0.15) is 23.7 Å². The standard InChI is InChI=1S/C27H38ClN7O3/c1-19-30-17-24(37-16-11-28)22(31-19)18-35-23-8-6-5-7-21(23)33-25(35)32-20-9-13-34(14-10-20)15-12-29-26(36)38-27(2,3)4/h5-8,17,20H,9-16,18H2,1-4H3,(H,29,36)(H,32,33).